The number of carbonyl (C=O) groups is 2. The van der Waals surface area contributed by atoms with E-state index in [0.29, 0.717) is 24.4 Å². The van der Waals surface area contributed by atoms with Crippen LogP contribution in [0.4, 0.5) is 4.79 Å². The Morgan fingerprint density at radius 1 is 1.26 bits per heavy atom. The molecule has 3 rings (SSSR count). The van der Waals surface area contributed by atoms with E-state index >= 15 is 0 Å². The van der Waals surface area contributed by atoms with Crippen molar-refractivity contribution in [1.29, 1.82) is 0 Å². The van der Waals surface area contributed by atoms with Gasteiger partial charge in [0.05, 0.1) is 6.20 Å². The Morgan fingerprint density at radius 2 is 2.00 bits per heavy atom. The summed E-state index contributed by atoms with van der Waals surface area (Å²) in [7, 11) is 0. The Hall–Kier alpha value is -2.83. The number of nitrogens with zero attached hydrogens (tertiary/aromatic N) is 2. The van der Waals surface area contributed by atoms with Gasteiger partial charge < -0.3 is 19.4 Å². The highest BCUT2D eigenvalue weighted by atomic mass is 16.6. The Labute approximate surface area is 158 Å². The number of likely N-dealkylation sites (tertiary alicyclic amines) is 1. The highest BCUT2D eigenvalue weighted by molar-refractivity contribution is 5.94. The summed E-state index contributed by atoms with van der Waals surface area (Å²) in [6.45, 7) is 6.63. The number of alkyl carbamates (subject to hydrolysis) is 1. The minimum Gasteiger partial charge on any atom is -0.444 e. The van der Waals surface area contributed by atoms with Gasteiger partial charge in [-0.05, 0) is 45.7 Å². The monoisotopic (exact) mass is 371 g/mol. The molecule has 1 aliphatic rings. The largest absolute Gasteiger partial charge is 0.444 e. The van der Waals surface area contributed by atoms with E-state index < -0.39 is 11.7 Å². The van der Waals surface area contributed by atoms with Crippen LogP contribution >= 0.6 is 0 Å². The van der Waals surface area contributed by atoms with Gasteiger partial charge in [-0.1, -0.05) is 12.1 Å². The topological polar surface area (TPSA) is 84.7 Å². The first kappa shape index (κ1) is 18.9. The molecule has 7 heteroatoms. The van der Waals surface area contributed by atoms with E-state index in [1.165, 1.54) is 6.39 Å². The van der Waals surface area contributed by atoms with E-state index in [-0.39, 0.29) is 11.9 Å². The SMILES string of the molecule is CC(C)(C)OC(=O)NC1CCCN(C(=O)c2ccc(-c3cnco3)cc2)C1. The number of piperidine rings is 1. The summed E-state index contributed by atoms with van der Waals surface area (Å²) in [5.74, 6) is 0.614. The lowest BCUT2D eigenvalue weighted by Crippen LogP contribution is -2.50. The van der Waals surface area contributed by atoms with Crippen molar-refractivity contribution in [2.75, 3.05) is 13.1 Å². The zero-order valence-electron chi connectivity index (χ0n) is 15.9. The maximum atomic E-state index is 12.8. The van der Waals surface area contributed by atoms with Crippen LogP contribution in [0.1, 0.15) is 44.0 Å². The van der Waals surface area contributed by atoms with Crippen LogP contribution in [0.25, 0.3) is 11.3 Å². The van der Waals surface area contributed by atoms with Crippen molar-refractivity contribution in [3.8, 4) is 11.3 Å². The molecule has 1 N–H and O–H groups in total. The fraction of sp³-hybridized carbons (Fsp3) is 0.450. The van der Waals surface area contributed by atoms with Crippen molar-refractivity contribution in [2.24, 2.45) is 0 Å². The summed E-state index contributed by atoms with van der Waals surface area (Å²) in [5, 5.41) is 2.86. The van der Waals surface area contributed by atoms with E-state index in [0.717, 1.165) is 18.4 Å². The fourth-order valence-electron chi connectivity index (χ4n) is 3.07. The van der Waals surface area contributed by atoms with Gasteiger partial charge in [0.15, 0.2) is 12.2 Å². The average molecular weight is 371 g/mol. The summed E-state index contributed by atoms with van der Waals surface area (Å²) in [5.41, 5.74) is 0.933. The molecule has 1 aliphatic heterocycles. The number of aromatic nitrogens is 1. The summed E-state index contributed by atoms with van der Waals surface area (Å²) in [4.78, 5) is 30.4. The maximum Gasteiger partial charge on any atom is 0.407 e. The second-order valence-electron chi connectivity index (χ2n) is 7.68. The molecule has 1 saturated heterocycles. The van der Waals surface area contributed by atoms with Gasteiger partial charge in [-0.2, -0.15) is 0 Å². The van der Waals surface area contributed by atoms with Crippen LogP contribution in [0.3, 0.4) is 0 Å². The minimum absolute atomic E-state index is 0.0465. The van der Waals surface area contributed by atoms with Gasteiger partial charge in [-0.15, -0.1) is 0 Å². The number of rotatable bonds is 3. The number of carbonyl (C=O) groups excluding carboxylic acids is 2. The predicted octanol–water partition coefficient (Wildman–Crippen LogP) is 3.47. The maximum absolute atomic E-state index is 12.8. The highest BCUT2D eigenvalue weighted by Gasteiger charge is 2.27. The molecule has 0 spiro atoms. The standard InChI is InChI=1S/C20H25N3O4/c1-20(2,3)27-19(25)22-16-5-4-10-23(12-16)18(24)15-8-6-14(7-9-15)17-11-21-13-26-17/h6-9,11,13,16H,4-5,10,12H2,1-3H3,(H,22,25). The Morgan fingerprint density at radius 3 is 2.63 bits per heavy atom. The molecule has 0 radical (unpaired) electrons. The van der Waals surface area contributed by atoms with Gasteiger partial charge in [0.2, 0.25) is 0 Å². The smallest absolute Gasteiger partial charge is 0.407 e. The predicted molar refractivity (Wildman–Crippen MR) is 100 cm³/mol. The van der Waals surface area contributed by atoms with Crippen LogP contribution in [0.5, 0.6) is 0 Å². The lowest BCUT2D eigenvalue weighted by Gasteiger charge is -2.33. The Balaban J connectivity index is 1.60. The number of hydrogen-bond donors (Lipinski definition) is 1. The molecule has 2 heterocycles. The number of ether oxygens (including phenoxy) is 1. The molecule has 1 fully saturated rings. The van der Waals surface area contributed by atoms with E-state index in [2.05, 4.69) is 10.3 Å². The third-order valence-electron chi connectivity index (χ3n) is 4.28. The van der Waals surface area contributed by atoms with Gasteiger partial charge in [0, 0.05) is 30.3 Å². The molecule has 27 heavy (non-hydrogen) atoms. The average Bonchev–Trinajstić information content (AvgIpc) is 3.14. The summed E-state index contributed by atoms with van der Waals surface area (Å²) in [6.07, 6.45) is 4.22. The third kappa shape index (κ3) is 5.09. The summed E-state index contributed by atoms with van der Waals surface area (Å²) >= 11 is 0. The van der Waals surface area contributed by atoms with Gasteiger partial charge in [0.25, 0.3) is 5.91 Å². The molecule has 144 valence electrons. The van der Waals surface area contributed by atoms with E-state index in [1.54, 1.807) is 23.2 Å². The molecular formula is C20H25N3O4. The van der Waals surface area contributed by atoms with Crippen LogP contribution in [0.2, 0.25) is 0 Å². The molecule has 7 nitrogen and oxygen atoms in total. The molecule has 2 aromatic rings. The normalized spacial score (nSPS) is 17.4. The molecule has 0 aliphatic carbocycles. The van der Waals surface area contributed by atoms with Crippen LogP contribution in [0, 0.1) is 0 Å². The fourth-order valence-corrected chi connectivity index (χ4v) is 3.07. The van der Waals surface area contributed by atoms with Crippen molar-refractivity contribution in [3.05, 3.63) is 42.4 Å². The number of hydrogen-bond acceptors (Lipinski definition) is 5. The quantitative estimate of drug-likeness (QED) is 0.893. The Bertz CT molecular complexity index is 779. The number of oxazole rings is 1. The van der Waals surface area contributed by atoms with Crippen LogP contribution in [-0.4, -0.2) is 46.6 Å². The zero-order valence-corrected chi connectivity index (χ0v) is 15.9. The van der Waals surface area contributed by atoms with Crippen molar-refractivity contribution in [2.45, 2.75) is 45.3 Å². The third-order valence-corrected chi connectivity index (χ3v) is 4.28. The van der Waals surface area contributed by atoms with Crippen molar-refractivity contribution >= 4 is 12.0 Å². The molecule has 1 aromatic heterocycles. The van der Waals surface area contributed by atoms with Gasteiger partial charge in [-0.25, -0.2) is 9.78 Å². The zero-order chi connectivity index (χ0) is 19.4. The van der Waals surface area contributed by atoms with Crippen molar-refractivity contribution in [3.63, 3.8) is 0 Å². The molecule has 1 atom stereocenters. The van der Waals surface area contributed by atoms with E-state index in [4.69, 9.17) is 9.15 Å². The molecule has 1 aromatic carbocycles. The van der Waals surface area contributed by atoms with Crippen molar-refractivity contribution in [1.82, 2.24) is 15.2 Å². The molecule has 0 saturated carbocycles. The van der Waals surface area contributed by atoms with Crippen LogP contribution < -0.4 is 5.32 Å². The van der Waals surface area contributed by atoms with Gasteiger partial charge >= 0.3 is 6.09 Å². The first-order chi connectivity index (χ1) is 12.8. The second-order valence-corrected chi connectivity index (χ2v) is 7.68. The van der Waals surface area contributed by atoms with Crippen molar-refractivity contribution < 1.29 is 18.7 Å². The number of nitrogens with one attached hydrogen (secondary N) is 1. The second kappa shape index (κ2) is 7.82. The minimum atomic E-state index is -0.542. The molecule has 2 amide bonds. The summed E-state index contributed by atoms with van der Waals surface area (Å²) in [6, 6.07) is 7.14. The molecule has 1 unspecified atom stereocenters. The first-order valence-electron chi connectivity index (χ1n) is 9.09. The highest BCUT2D eigenvalue weighted by Crippen LogP contribution is 2.20. The molecular weight excluding hydrogens is 346 g/mol. The molecule has 0 bridgehead atoms. The van der Waals surface area contributed by atoms with E-state index in [9.17, 15) is 9.59 Å². The van der Waals surface area contributed by atoms with Crippen LogP contribution in [-0.2, 0) is 4.74 Å². The lowest BCUT2D eigenvalue weighted by molar-refractivity contribution is 0.0452. The van der Waals surface area contributed by atoms with Gasteiger partial charge in [-0.3, -0.25) is 4.79 Å². The summed E-state index contributed by atoms with van der Waals surface area (Å²) < 4.78 is 10.6. The van der Waals surface area contributed by atoms with E-state index in [1.807, 2.05) is 32.9 Å². The van der Waals surface area contributed by atoms with Crippen LogP contribution in [0.15, 0.2) is 41.3 Å². The Kier molecular flexibility index (Phi) is 5.48. The lowest BCUT2D eigenvalue weighted by atomic mass is 10.0. The van der Waals surface area contributed by atoms with Gasteiger partial charge in [0.1, 0.15) is 5.60 Å². The first-order valence-corrected chi connectivity index (χ1v) is 9.09. The number of amides is 2. The number of benzene rings is 1.